The third kappa shape index (κ3) is 14.4. The normalized spacial score (nSPS) is 12.0. The zero-order chi connectivity index (χ0) is 22.8. The molecule has 0 aliphatic carbocycles. The molecule has 0 aromatic heterocycles. The zero-order valence-corrected chi connectivity index (χ0v) is 19.7. The third-order valence-electron chi connectivity index (χ3n) is 4.03. The molecule has 0 heterocycles. The number of hydrogen-bond acceptors (Lipinski definition) is 6. The smallest absolute Gasteiger partial charge is 0.306 e. The first-order valence-electron chi connectivity index (χ1n) is 10.5. The average Bonchev–Trinajstić information content (AvgIpc) is 2.68. The predicted molar refractivity (Wildman–Crippen MR) is 118 cm³/mol. The number of unbranched alkanes of at least 4 members (excludes halogenated alkanes) is 2. The van der Waals surface area contributed by atoms with Crippen LogP contribution in [0.3, 0.4) is 0 Å². The Bertz CT molecular complexity index is 564. The van der Waals surface area contributed by atoms with E-state index in [1.165, 1.54) is 0 Å². The second kappa shape index (κ2) is 18.2. The van der Waals surface area contributed by atoms with Gasteiger partial charge in [-0.1, -0.05) is 6.42 Å². The minimum Gasteiger partial charge on any atom is -0.458 e. The van der Waals surface area contributed by atoms with E-state index in [0.29, 0.717) is 26.2 Å². The molecule has 0 aromatic rings. The van der Waals surface area contributed by atoms with Gasteiger partial charge < -0.3 is 23.5 Å². The van der Waals surface area contributed by atoms with E-state index >= 15 is 0 Å². The summed E-state index contributed by atoms with van der Waals surface area (Å²) in [7, 11) is -1.21. The minimum absolute atomic E-state index is 0.0496. The number of rotatable bonds is 18. The Labute approximate surface area is 182 Å². The molecule has 0 saturated heterocycles. The SMILES string of the molecule is [C-]#[N+]CCOC(=O)CCC(=O)CCCCCOP(OCC[N+]#[C-])N(C(C)C)C(C)C. The Hall–Kier alpha value is -1.57. The van der Waals surface area contributed by atoms with Crippen LogP contribution in [0, 0.1) is 13.1 Å². The van der Waals surface area contributed by atoms with Crippen LogP contribution < -0.4 is 0 Å². The Morgan fingerprint density at radius 1 is 0.833 bits per heavy atom. The Balaban J connectivity index is 4.10. The average molecular weight is 442 g/mol. The van der Waals surface area contributed by atoms with Gasteiger partial charge >= 0.3 is 5.97 Å². The van der Waals surface area contributed by atoms with Gasteiger partial charge in [-0.2, -0.15) is 0 Å². The van der Waals surface area contributed by atoms with E-state index in [1.54, 1.807) is 0 Å². The number of Topliss-reactive ketones (excluding diaryl/α,β-unsaturated/α-hetero) is 1. The van der Waals surface area contributed by atoms with Crippen molar-refractivity contribution in [1.29, 1.82) is 0 Å². The molecule has 8 nitrogen and oxygen atoms in total. The summed E-state index contributed by atoms with van der Waals surface area (Å²) >= 11 is 0. The third-order valence-corrected chi connectivity index (χ3v) is 6.14. The van der Waals surface area contributed by atoms with Crippen LogP contribution in [0.25, 0.3) is 9.69 Å². The van der Waals surface area contributed by atoms with Crippen molar-refractivity contribution in [2.75, 3.05) is 32.9 Å². The molecule has 0 rings (SSSR count). The van der Waals surface area contributed by atoms with Gasteiger partial charge in [-0.05, 0) is 40.5 Å². The topological polar surface area (TPSA) is 73.8 Å². The summed E-state index contributed by atoms with van der Waals surface area (Å²) in [6.07, 6.45) is 3.13. The number of nitrogens with zero attached hydrogens (tertiary/aromatic N) is 3. The number of ketones is 1. The molecule has 0 bridgehead atoms. The van der Waals surface area contributed by atoms with E-state index in [4.69, 9.17) is 26.9 Å². The number of carbonyl (C=O) groups excluding carboxylic acids is 2. The van der Waals surface area contributed by atoms with Gasteiger partial charge in [0.05, 0.1) is 13.0 Å². The first-order valence-corrected chi connectivity index (χ1v) is 11.6. The van der Waals surface area contributed by atoms with Gasteiger partial charge in [0.15, 0.2) is 6.61 Å². The van der Waals surface area contributed by atoms with E-state index in [2.05, 4.69) is 42.1 Å². The monoisotopic (exact) mass is 441 g/mol. The van der Waals surface area contributed by atoms with E-state index < -0.39 is 14.5 Å². The van der Waals surface area contributed by atoms with Crippen LogP contribution in [0.15, 0.2) is 0 Å². The van der Waals surface area contributed by atoms with Gasteiger partial charge in [0.2, 0.25) is 13.1 Å². The maximum Gasteiger partial charge on any atom is 0.306 e. The molecule has 0 aromatic carbocycles. The van der Waals surface area contributed by atoms with Crippen LogP contribution in [-0.2, 0) is 23.4 Å². The molecule has 0 radical (unpaired) electrons. The lowest BCUT2D eigenvalue weighted by Crippen LogP contribution is -2.33. The van der Waals surface area contributed by atoms with Crippen LogP contribution in [-0.4, -0.2) is 61.4 Å². The number of esters is 1. The highest BCUT2D eigenvalue weighted by molar-refractivity contribution is 7.44. The van der Waals surface area contributed by atoms with Crippen molar-refractivity contribution in [3.63, 3.8) is 0 Å². The highest BCUT2D eigenvalue weighted by Gasteiger charge is 2.27. The van der Waals surface area contributed by atoms with Crippen LogP contribution in [0.2, 0.25) is 0 Å². The maximum absolute atomic E-state index is 11.9. The van der Waals surface area contributed by atoms with Crippen molar-refractivity contribution in [3.8, 4) is 0 Å². The van der Waals surface area contributed by atoms with E-state index in [1.807, 2.05) is 0 Å². The molecule has 0 aliphatic heterocycles. The Morgan fingerprint density at radius 3 is 2.03 bits per heavy atom. The van der Waals surface area contributed by atoms with E-state index in [9.17, 15) is 9.59 Å². The van der Waals surface area contributed by atoms with Crippen LogP contribution in [0.1, 0.15) is 66.2 Å². The molecule has 0 amide bonds. The summed E-state index contributed by atoms with van der Waals surface area (Å²) in [6.45, 7) is 23.4. The van der Waals surface area contributed by atoms with Gasteiger partial charge in [-0.3, -0.25) is 9.59 Å². The lowest BCUT2D eigenvalue weighted by molar-refractivity contribution is -0.144. The Morgan fingerprint density at radius 2 is 1.43 bits per heavy atom. The van der Waals surface area contributed by atoms with Crippen molar-refractivity contribution >= 4 is 20.3 Å². The number of ether oxygens (including phenoxy) is 1. The molecular formula is C21H36N3O5P. The van der Waals surface area contributed by atoms with Gasteiger partial charge in [0.25, 0.3) is 8.53 Å². The second-order valence-electron chi connectivity index (χ2n) is 7.31. The molecule has 1 unspecified atom stereocenters. The minimum atomic E-state index is -1.21. The first kappa shape index (κ1) is 28.4. The number of carbonyl (C=O) groups is 2. The summed E-state index contributed by atoms with van der Waals surface area (Å²) in [4.78, 5) is 29.7. The lowest BCUT2D eigenvalue weighted by atomic mass is 10.1. The molecule has 0 saturated carbocycles. The molecule has 0 fully saturated rings. The molecule has 170 valence electrons. The van der Waals surface area contributed by atoms with Crippen LogP contribution in [0.5, 0.6) is 0 Å². The van der Waals surface area contributed by atoms with Gasteiger partial charge in [0.1, 0.15) is 12.4 Å². The van der Waals surface area contributed by atoms with E-state index in [0.717, 1.165) is 19.3 Å². The van der Waals surface area contributed by atoms with Crippen molar-refractivity contribution in [3.05, 3.63) is 22.8 Å². The molecule has 0 N–H and O–H groups in total. The highest BCUT2D eigenvalue weighted by Crippen LogP contribution is 2.45. The molecule has 0 aliphatic rings. The fraction of sp³-hybridized carbons (Fsp3) is 0.810. The number of hydrogen-bond donors (Lipinski definition) is 0. The van der Waals surface area contributed by atoms with E-state index in [-0.39, 0.29) is 43.9 Å². The molecule has 0 spiro atoms. The standard InChI is InChI=1S/C21H36N3O5P/c1-18(2)24(19(3)4)30(29-17-14-23-6)28-15-9-7-8-10-20(25)11-12-21(26)27-16-13-22-5/h18-19H,7-17H2,1-4H3. The summed E-state index contributed by atoms with van der Waals surface area (Å²) < 4.78 is 18.9. The summed E-state index contributed by atoms with van der Waals surface area (Å²) in [6, 6.07) is 0.546. The van der Waals surface area contributed by atoms with Gasteiger partial charge in [-0.15, -0.1) is 0 Å². The summed E-state index contributed by atoms with van der Waals surface area (Å²) in [5.74, 6) is -0.375. The van der Waals surface area contributed by atoms with Crippen molar-refractivity contribution in [2.24, 2.45) is 0 Å². The predicted octanol–water partition coefficient (Wildman–Crippen LogP) is 4.66. The molecular weight excluding hydrogens is 405 g/mol. The quantitative estimate of drug-likeness (QED) is 0.133. The van der Waals surface area contributed by atoms with Crippen molar-refractivity contribution in [2.45, 2.75) is 78.3 Å². The summed E-state index contributed by atoms with van der Waals surface area (Å²) in [5.41, 5.74) is 0. The first-order chi connectivity index (χ1) is 14.3. The fourth-order valence-electron chi connectivity index (χ4n) is 2.70. The summed E-state index contributed by atoms with van der Waals surface area (Å²) in [5, 5.41) is 0. The molecule has 30 heavy (non-hydrogen) atoms. The van der Waals surface area contributed by atoms with Crippen LogP contribution >= 0.6 is 8.53 Å². The maximum atomic E-state index is 11.9. The van der Waals surface area contributed by atoms with Crippen molar-refractivity contribution < 1.29 is 23.4 Å². The molecule has 1 atom stereocenters. The van der Waals surface area contributed by atoms with Crippen LogP contribution in [0.4, 0.5) is 0 Å². The lowest BCUT2D eigenvalue weighted by Gasteiger charge is -2.35. The molecule has 9 heteroatoms. The van der Waals surface area contributed by atoms with Crippen molar-refractivity contribution in [1.82, 2.24) is 4.67 Å². The van der Waals surface area contributed by atoms with Gasteiger partial charge in [-0.25, -0.2) is 17.8 Å². The zero-order valence-electron chi connectivity index (χ0n) is 18.8. The van der Waals surface area contributed by atoms with Gasteiger partial charge in [0, 0.05) is 24.9 Å². The highest BCUT2D eigenvalue weighted by atomic mass is 31.2. The second-order valence-corrected chi connectivity index (χ2v) is 8.76. The fourth-order valence-corrected chi connectivity index (χ4v) is 4.31. The Kier molecular flexibility index (Phi) is 17.3. The largest absolute Gasteiger partial charge is 0.458 e.